The molecule has 158 valence electrons. The summed E-state index contributed by atoms with van der Waals surface area (Å²) in [5, 5.41) is 16.8. The number of aromatic nitrogens is 5. The number of nitrogens with one attached hydrogen (secondary N) is 2. The van der Waals surface area contributed by atoms with Crippen LogP contribution in [0.3, 0.4) is 0 Å². The summed E-state index contributed by atoms with van der Waals surface area (Å²) < 4.78 is 3.46. The molecule has 32 heavy (non-hydrogen) atoms. The third kappa shape index (κ3) is 3.58. The minimum Gasteiger partial charge on any atom is -0.306 e. The fourth-order valence-electron chi connectivity index (χ4n) is 3.69. The van der Waals surface area contributed by atoms with Crippen molar-refractivity contribution in [3.05, 3.63) is 84.9 Å². The first-order valence-electron chi connectivity index (χ1n) is 10.1. The Morgan fingerprint density at radius 3 is 2.50 bits per heavy atom. The van der Waals surface area contributed by atoms with E-state index in [1.807, 2.05) is 74.8 Å². The molecule has 0 saturated heterocycles. The summed E-state index contributed by atoms with van der Waals surface area (Å²) in [5.74, 6) is 0.584. The van der Waals surface area contributed by atoms with Gasteiger partial charge in [-0.25, -0.2) is 9.48 Å². The van der Waals surface area contributed by atoms with Crippen LogP contribution in [0.2, 0.25) is 0 Å². The average molecular weight is 423 g/mol. The van der Waals surface area contributed by atoms with Gasteiger partial charge in [-0.15, -0.1) is 0 Å². The topological polar surface area (TPSA) is 89.7 Å². The van der Waals surface area contributed by atoms with Gasteiger partial charge in [0.2, 0.25) is 0 Å². The number of amides is 2. The average Bonchev–Trinajstić information content (AvgIpc) is 3.38. The predicted octanol–water partition coefficient (Wildman–Crippen LogP) is 4.77. The van der Waals surface area contributed by atoms with Crippen molar-refractivity contribution in [2.45, 2.75) is 6.92 Å². The number of para-hydroxylation sites is 1. The molecule has 3 aromatic heterocycles. The van der Waals surface area contributed by atoms with Gasteiger partial charge in [0.05, 0.1) is 23.8 Å². The summed E-state index contributed by atoms with van der Waals surface area (Å²) in [6.45, 7) is 1.93. The highest BCUT2D eigenvalue weighted by Crippen LogP contribution is 2.30. The van der Waals surface area contributed by atoms with Crippen molar-refractivity contribution < 1.29 is 4.79 Å². The molecule has 2 aromatic carbocycles. The first-order chi connectivity index (χ1) is 15.6. The second kappa shape index (κ2) is 7.99. The van der Waals surface area contributed by atoms with Crippen LogP contribution >= 0.6 is 0 Å². The third-order valence-electron chi connectivity index (χ3n) is 5.25. The zero-order chi connectivity index (χ0) is 22.1. The molecule has 0 spiro atoms. The molecular weight excluding hydrogens is 402 g/mol. The van der Waals surface area contributed by atoms with E-state index in [2.05, 4.69) is 20.7 Å². The minimum atomic E-state index is -0.374. The van der Waals surface area contributed by atoms with E-state index in [1.54, 1.807) is 28.0 Å². The molecule has 3 heterocycles. The molecule has 8 heteroatoms. The van der Waals surface area contributed by atoms with Gasteiger partial charge < -0.3 is 5.32 Å². The van der Waals surface area contributed by atoms with E-state index in [4.69, 9.17) is 5.10 Å². The predicted molar refractivity (Wildman–Crippen MR) is 125 cm³/mol. The first kappa shape index (κ1) is 19.5. The maximum Gasteiger partial charge on any atom is 0.324 e. The quantitative estimate of drug-likeness (QED) is 0.436. The molecule has 0 fully saturated rings. The van der Waals surface area contributed by atoms with Crippen LogP contribution < -0.4 is 10.6 Å². The van der Waals surface area contributed by atoms with E-state index >= 15 is 0 Å². The number of rotatable bonds is 4. The molecule has 0 radical (unpaired) electrons. The molecule has 0 aliphatic rings. The van der Waals surface area contributed by atoms with E-state index in [-0.39, 0.29) is 6.03 Å². The van der Waals surface area contributed by atoms with Gasteiger partial charge in [-0.1, -0.05) is 42.5 Å². The van der Waals surface area contributed by atoms with Crippen LogP contribution in [0.4, 0.5) is 16.3 Å². The Bertz CT molecular complexity index is 1410. The number of hydrogen-bond acceptors (Lipinski definition) is 4. The van der Waals surface area contributed by atoms with Crippen molar-refractivity contribution in [1.82, 2.24) is 24.5 Å². The van der Waals surface area contributed by atoms with Gasteiger partial charge in [-0.05, 0) is 19.1 Å². The SMILES string of the molecule is Cc1c(-c2cnn(C)c2)nn(-c2ccccc2)c1NC(=O)Nc1cncc2ccccc12. The lowest BCUT2D eigenvalue weighted by Gasteiger charge is -2.12. The second-order valence-electron chi connectivity index (χ2n) is 7.46. The Kier molecular flexibility index (Phi) is 4.87. The van der Waals surface area contributed by atoms with E-state index < -0.39 is 0 Å². The van der Waals surface area contributed by atoms with Crippen molar-refractivity contribution in [3.8, 4) is 16.9 Å². The summed E-state index contributed by atoms with van der Waals surface area (Å²) in [6, 6.07) is 17.1. The van der Waals surface area contributed by atoms with Crippen LogP contribution in [0.25, 0.3) is 27.7 Å². The molecule has 5 rings (SSSR count). The maximum absolute atomic E-state index is 13.0. The van der Waals surface area contributed by atoms with Crippen LogP contribution in [0.1, 0.15) is 5.56 Å². The summed E-state index contributed by atoms with van der Waals surface area (Å²) >= 11 is 0. The number of hydrogen-bond donors (Lipinski definition) is 2. The fourth-order valence-corrected chi connectivity index (χ4v) is 3.69. The minimum absolute atomic E-state index is 0.374. The lowest BCUT2D eigenvalue weighted by Crippen LogP contribution is -2.22. The summed E-state index contributed by atoms with van der Waals surface area (Å²) in [7, 11) is 1.86. The Balaban J connectivity index is 1.52. The van der Waals surface area contributed by atoms with Gasteiger partial charge >= 0.3 is 6.03 Å². The van der Waals surface area contributed by atoms with Crippen molar-refractivity contribution in [2.75, 3.05) is 10.6 Å². The smallest absolute Gasteiger partial charge is 0.306 e. The molecule has 0 atom stereocenters. The van der Waals surface area contributed by atoms with Crippen LogP contribution in [-0.2, 0) is 7.05 Å². The number of urea groups is 1. The number of benzene rings is 2. The van der Waals surface area contributed by atoms with Crippen LogP contribution in [0, 0.1) is 6.92 Å². The van der Waals surface area contributed by atoms with E-state index in [9.17, 15) is 4.79 Å². The number of carbonyl (C=O) groups is 1. The van der Waals surface area contributed by atoms with Gasteiger partial charge in [0.25, 0.3) is 0 Å². The lowest BCUT2D eigenvalue weighted by molar-refractivity contribution is 0.262. The van der Waals surface area contributed by atoms with E-state index in [0.717, 1.165) is 33.3 Å². The van der Waals surface area contributed by atoms with Gasteiger partial charge in [0.15, 0.2) is 0 Å². The van der Waals surface area contributed by atoms with Gasteiger partial charge in [0, 0.05) is 41.3 Å². The number of anilines is 2. The number of carbonyl (C=O) groups excluding carboxylic acids is 1. The van der Waals surface area contributed by atoms with Crippen molar-refractivity contribution in [2.24, 2.45) is 7.05 Å². The maximum atomic E-state index is 13.0. The molecule has 5 aromatic rings. The Labute approximate surface area is 184 Å². The monoisotopic (exact) mass is 423 g/mol. The molecule has 0 unspecified atom stereocenters. The second-order valence-corrected chi connectivity index (χ2v) is 7.46. The molecule has 0 aliphatic carbocycles. The van der Waals surface area contributed by atoms with E-state index in [1.165, 1.54) is 0 Å². The Morgan fingerprint density at radius 1 is 0.938 bits per heavy atom. The van der Waals surface area contributed by atoms with E-state index in [0.29, 0.717) is 11.5 Å². The number of nitrogens with zero attached hydrogens (tertiary/aromatic N) is 5. The van der Waals surface area contributed by atoms with Gasteiger partial charge in [-0.3, -0.25) is 15.0 Å². The van der Waals surface area contributed by atoms with Crippen LogP contribution in [0.5, 0.6) is 0 Å². The zero-order valence-electron chi connectivity index (χ0n) is 17.6. The highest BCUT2D eigenvalue weighted by molar-refractivity contribution is 6.06. The number of pyridine rings is 1. The molecule has 2 N–H and O–H groups in total. The van der Waals surface area contributed by atoms with Gasteiger partial charge in [0.1, 0.15) is 11.5 Å². The molecule has 0 aliphatic heterocycles. The Hall–Kier alpha value is -4.46. The van der Waals surface area contributed by atoms with Crippen molar-refractivity contribution >= 4 is 28.3 Å². The first-order valence-corrected chi connectivity index (χ1v) is 10.1. The molecular formula is C24H21N7O. The highest BCUT2D eigenvalue weighted by Gasteiger charge is 2.20. The summed E-state index contributed by atoms with van der Waals surface area (Å²) in [6.07, 6.45) is 7.07. The normalized spacial score (nSPS) is 10.9. The van der Waals surface area contributed by atoms with Crippen LogP contribution in [-0.4, -0.2) is 30.6 Å². The fraction of sp³-hybridized carbons (Fsp3) is 0.0833. The Morgan fingerprint density at radius 2 is 1.72 bits per heavy atom. The molecule has 0 bridgehead atoms. The largest absolute Gasteiger partial charge is 0.324 e. The summed E-state index contributed by atoms with van der Waals surface area (Å²) in [4.78, 5) is 17.2. The highest BCUT2D eigenvalue weighted by atomic mass is 16.2. The molecule has 2 amide bonds. The molecule has 8 nitrogen and oxygen atoms in total. The van der Waals surface area contributed by atoms with Gasteiger partial charge in [-0.2, -0.15) is 10.2 Å². The molecule has 0 saturated carbocycles. The van der Waals surface area contributed by atoms with Crippen LogP contribution in [0.15, 0.2) is 79.4 Å². The van der Waals surface area contributed by atoms with Crippen molar-refractivity contribution in [3.63, 3.8) is 0 Å². The van der Waals surface area contributed by atoms with Crippen molar-refractivity contribution in [1.29, 1.82) is 0 Å². The number of fused-ring (bicyclic) bond motifs is 1. The third-order valence-corrected chi connectivity index (χ3v) is 5.25. The zero-order valence-corrected chi connectivity index (χ0v) is 17.6. The number of aryl methyl sites for hydroxylation is 1. The lowest BCUT2D eigenvalue weighted by atomic mass is 10.1. The summed E-state index contributed by atoms with van der Waals surface area (Å²) in [5.41, 5.74) is 3.95. The standard InChI is InChI=1S/C24H21N7O/c1-16-22(18-13-26-30(2)15-18)29-31(19-9-4-3-5-10-19)23(16)28-24(32)27-21-14-25-12-17-8-6-7-11-20(17)21/h3-15H,1-2H3,(H2,27,28,32).